The Kier molecular flexibility index (Phi) is 5.69. The second-order valence-electron chi connectivity index (χ2n) is 4.72. The zero-order valence-electron chi connectivity index (χ0n) is 10.4. The molecule has 1 atom stereocenters. The van der Waals surface area contributed by atoms with E-state index in [1.165, 1.54) is 0 Å². The summed E-state index contributed by atoms with van der Waals surface area (Å²) in [6.07, 6.45) is 2.05. The lowest BCUT2D eigenvalue weighted by Crippen LogP contribution is -2.39. The van der Waals surface area contributed by atoms with Crippen LogP contribution in [0.4, 0.5) is 8.78 Å². The number of amides is 1. The van der Waals surface area contributed by atoms with Gasteiger partial charge in [-0.05, 0) is 37.0 Å². The Morgan fingerprint density at radius 1 is 1.42 bits per heavy atom. The number of carbonyl (C=O) groups is 1. The first-order valence-corrected chi connectivity index (χ1v) is 6.02. The summed E-state index contributed by atoms with van der Waals surface area (Å²) in [6, 6.07) is 3.05. The topological polar surface area (TPSA) is 55.1 Å². The SMILES string of the molecule is Cl.NC(CNC(=O)Cc1cc(F)ccc1F)C1CC1. The molecule has 0 spiro atoms. The average molecular weight is 291 g/mol. The van der Waals surface area contributed by atoms with Crippen LogP contribution in [0, 0.1) is 17.6 Å². The summed E-state index contributed by atoms with van der Waals surface area (Å²) in [4.78, 5) is 11.6. The van der Waals surface area contributed by atoms with E-state index in [2.05, 4.69) is 5.32 Å². The van der Waals surface area contributed by atoms with Crippen molar-refractivity contribution in [3.05, 3.63) is 35.4 Å². The fourth-order valence-electron chi connectivity index (χ4n) is 1.84. The van der Waals surface area contributed by atoms with Crippen LogP contribution in [0.2, 0.25) is 0 Å². The van der Waals surface area contributed by atoms with Crippen LogP contribution >= 0.6 is 12.4 Å². The number of nitrogens with two attached hydrogens (primary N) is 1. The van der Waals surface area contributed by atoms with Crippen LogP contribution in [0.1, 0.15) is 18.4 Å². The average Bonchev–Trinajstić information content (AvgIpc) is 3.15. The molecule has 106 valence electrons. The number of benzene rings is 1. The third-order valence-corrected chi connectivity index (χ3v) is 3.12. The molecule has 0 aliphatic heterocycles. The monoisotopic (exact) mass is 290 g/mol. The predicted molar refractivity (Wildman–Crippen MR) is 71.0 cm³/mol. The second kappa shape index (κ2) is 6.82. The molecule has 0 bridgehead atoms. The molecular formula is C13H17ClF2N2O. The van der Waals surface area contributed by atoms with Crippen LogP contribution < -0.4 is 11.1 Å². The van der Waals surface area contributed by atoms with Crippen molar-refractivity contribution < 1.29 is 13.6 Å². The van der Waals surface area contributed by atoms with Gasteiger partial charge in [-0.15, -0.1) is 12.4 Å². The van der Waals surface area contributed by atoms with Gasteiger partial charge in [0.2, 0.25) is 5.91 Å². The third-order valence-electron chi connectivity index (χ3n) is 3.12. The minimum absolute atomic E-state index is 0. The van der Waals surface area contributed by atoms with Crippen molar-refractivity contribution in [3.63, 3.8) is 0 Å². The highest BCUT2D eigenvalue weighted by molar-refractivity contribution is 5.85. The maximum absolute atomic E-state index is 13.3. The Labute approximate surface area is 117 Å². The molecule has 0 saturated heterocycles. The molecule has 3 N–H and O–H groups in total. The minimum atomic E-state index is -0.571. The van der Waals surface area contributed by atoms with Gasteiger partial charge in [0, 0.05) is 18.2 Å². The lowest BCUT2D eigenvalue weighted by Gasteiger charge is -2.11. The van der Waals surface area contributed by atoms with Crippen LogP contribution in [0.5, 0.6) is 0 Å². The largest absolute Gasteiger partial charge is 0.354 e. The molecule has 6 heteroatoms. The lowest BCUT2D eigenvalue weighted by atomic mass is 10.1. The zero-order chi connectivity index (χ0) is 13.1. The Bertz CT molecular complexity index is 452. The summed E-state index contributed by atoms with van der Waals surface area (Å²) >= 11 is 0. The molecule has 1 amide bonds. The fraction of sp³-hybridized carbons (Fsp3) is 0.462. The molecule has 1 aliphatic carbocycles. The second-order valence-corrected chi connectivity index (χ2v) is 4.72. The standard InChI is InChI=1S/C13H16F2N2O.ClH/c14-10-3-4-11(15)9(5-10)6-13(18)17-7-12(16)8-1-2-8;/h3-5,8,12H,1-2,6-7,16H2,(H,17,18);1H. The van der Waals surface area contributed by atoms with Crippen molar-refractivity contribution in [1.29, 1.82) is 0 Å². The Balaban J connectivity index is 0.00000180. The normalized spacial score (nSPS) is 15.5. The molecule has 1 saturated carbocycles. The van der Waals surface area contributed by atoms with Gasteiger partial charge >= 0.3 is 0 Å². The number of halogens is 3. The number of rotatable bonds is 5. The highest BCUT2D eigenvalue weighted by Crippen LogP contribution is 2.31. The van der Waals surface area contributed by atoms with Gasteiger partial charge in [-0.3, -0.25) is 4.79 Å². The van der Waals surface area contributed by atoms with Crippen LogP contribution in [0.3, 0.4) is 0 Å². The maximum atomic E-state index is 13.3. The van der Waals surface area contributed by atoms with E-state index in [0.717, 1.165) is 31.0 Å². The maximum Gasteiger partial charge on any atom is 0.224 e. The summed E-state index contributed by atoms with van der Waals surface area (Å²) in [5, 5.41) is 2.65. The first kappa shape index (κ1) is 15.9. The molecule has 1 aromatic rings. The van der Waals surface area contributed by atoms with E-state index in [1.807, 2.05) is 0 Å². The number of hydrogen-bond donors (Lipinski definition) is 2. The molecule has 3 nitrogen and oxygen atoms in total. The summed E-state index contributed by atoms with van der Waals surface area (Å²) in [7, 11) is 0. The first-order chi connectivity index (χ1) is 8.56. The van der Waals surface area contributed by atoms with Crippen molar-refractivity contribution in [1.82, 2.24) is 5.32 Å². The molecule has 0 heterocycles. The Morgan fingerprint density at radius 2 is 2.11 bits per heavy atom. The lowest BCUT2D eigenvalue weighted by molar-refractivity contribution is -0.120. The molecule has 0 radical (unpaired) electrons. The van der Waals surface area contributed by atoms with Gasteiger partial charge in [0.15, 0.2) is 0 Å². The van der Waals surface area contributed by atoms with Crippen LogP contribution in [-0.2, 0) is 11.2 Å². The molecule has 2 rings (SSSR count). The van der Waals surface area contributed by atoms with E-state index >= 15 is 0 Å². The molecule has 1 fully saturated rings. The van der Waals surface area contributed by atoms with Gasteiger partial charge in [0.25, 0.3) is 0 Å². The molecule has 1 aliphatic rings. The van der Waals surface area contributed by atoms with E-state index < -0.39 is 11.6 Å². The van der Waals surface area contributed by atoms with Crippen LogP contribution in [0.25, 0.3) is 0 Å². The van der Waals surface area contributed by atoms with Gasteiger partial charge in [-0.1, -0.05) is 0 Å². The van der Waals surface area contributed by atoms with E-state index in [-0.39, 0.29) is 36.3 Å². The highest BCUT2D eigenvalue weighted by atomic mass is 35.5. The van der Waals surface area contributed by atoms with Gasteiger partial charge in [0.05, 0.1) is 6.42 Å². The predicted octanol–water partition coefficient (Wildman–Crippen LogP) is 1.78. The summed E-state index contributed by atoms with van der Waals surface area (Å²) in [6.45, 7) is 0.389. The Hall–Kier alpha value is -1.20. The molecular weight excluding hydrogens is 274 g/mol. The zero-order valence-corrected chi connectivity index (χ0v) is 11.2. The van der Waals surface area contributed by atoms with Gasteiger partial charge < -0.3 is 11.1 Å². The van der Waals surface area contributed by atoms with Crippen LogP contribution in [-0.4, -0.2) is 18.5 Å². The minimum Gasteiger partial charge on any atom is -0.354 e. The summed E-state index contributed by atoms with van der Waals surface area (Å²) < 4.78 is 26.2. The third kappa shape index (κ3) is 4.76. The number of hydrogen-bond acceptors (Lipinski definition) is 2. The van der Waals surface area contributed by atoms with Crippen molar-refractivity contribution in [2.45, 2.75) is 25.3 Å². The quantitative estimate of drug-likeness (QED) is 0.868. The number of carbonyl (C=O) groups excluding carboxylic acids is 1. The fourth-order valence-corrected chi connectivity index (χ4v) is 1.84. The van der Waals surface area contributed by atoms with Crippen molar-refractivity contribution >= 4 is 18.3 Å². The molecule has 1 aromatic carbocycles. The first-order valence-electron chi connectivity index (χ1n) is 6.02. The van der Waals surface area contributed by atoms with Gasteiger partial charge in [-0.2, -0.15) is 0 Å². The van der Waals surface area contributed by atoms with Gasteiger partial charge in [-0.25, -0.2) is 8.78 Å². The molecule has 1 unspecified atom stereocenters. The highest BCUT2D eigenvalue weighted by Gasteiger charge is 2.28. The smallest absolute Gasteiger partial charge is 0.224 e. The molecule has 19 heavy (non-hydrogen) atoms. The van der Waals surface area contributed by atoms with Crippen molar-refractivity contribution in [3.8, 4) is 0 Å². The van der Waals surface area contributed by atoms with Crippen molar-refractivity contribution in [2.24, 2.45) is 11.7 Å². The van der Waals surface area contributed by atoms with Crippen molar-refractivity contribution in [2.75, 3.05) is 6.54 Å². The van der Waals surface area contributed by atoms with Gasteiger partial charge in [0.1, 0.15) is 11.6 Å². The van der Waals surface area contributed by atoms with E-state index in [1.54, 1.807) is 0 Å². The van der Waals surface area contributed by atoms with E-state index in [0.29, 0.717) is 12.5 Å². The van der Waals surface area contributed by atoms with Crippen LogP contribution in [0.15, 0.2) is 18.2 Å². The van der Waals surface area contributed by atoms with E-state index in [9.17, 15) is 13.6 Å². The summed E-state index contributed by atoms with van der Waals surface area (Å²) in [5.41, 5.74) is 5.89. The van der Waals surface area contributed by atoms with E-state index in [4.69, 9.17) is 5.73 Å². The number of nitrogens with one attached hydrogen (secondary N) is 1. The Morgan fingerprint density at radius 3 is 2.74 bits per heavy atom. The summed E-state index contributed by atoms with van der Waals surface area (Å²) in [5.74, 6) is -0.960. The molecule has 0 aromatic heterocycles.